The number of hydrogen-bond acceptors (Lipinski definition) is 6. The van der Waals surface area contributed by atoms with Gasteiger partial charge in [-0.2, -0.15) is 0 Å². The molecule has 0 aromatic heterocycles. The summed E-state index contributed by atoms with van der Waals surface area (Å²) in [5, 5.41) is 16.8. The molecule has 2 fully saturated rings. The summed E-state index contributed by atoms with van der Waals surface area (Å²) in [6, 6.07) is 18.7. The summed E-state index contributed by atoms with van der Waals surface area (Å²) in [7, 11) is 1.95. The zero-order valence-corrected chi connectivity index (χ0v) is 21.7. The Hall–Kier alpha value is -3.55. The summed E-state index contributed by atoms with van der Waals surface area (Å²) in [5.41, 5.74) is 12.3. The maximum absolute atomic E-state index is 11.2. The Kier molecular flexibility index (Phi) is 9.80. The lowest BCUT2D eigenvalue weighted by Gasteiger charge is -2.32. The fourth-order valence-corrected chi connectivity index (χ4v) is 4.72. The van der Waals surface area contributed by atoms with Crippen molar-refractivity contribution < 1.29 is 4.79 Å². The number of nitrogens with two attached hydrogens (primary N) is 1. The molecule has 5 rings (SSSR count). The molecule has 2 aliphatic heterocycles. The normalized spacial score (nSPS) is 18.9. The molecule has 1 saturated carbocycles. The van der Waals surface area contributed by atoms with E-state index in [4.69, 9.17) is 5.73 Å². The van der Waals surface area contributed by atoms with Gasteiger partial charge in [-0.25, -0.2) is 0 Å². The van der Waals surface area contributed by atoms with Gasteiger partial charge in [-0.3, -0.25) is 4.79 Å². The lowest BCUT2D eigenvalue weighted by atomic mass is 9.83. The molecule has 1 amide bonds. The van der Waals surface area contributed by atoms with Crippen LogP contribution >= 0.6 is 0 Å². The van der Waals surface area contributed by atoms with Crippen LogP contribution in [0, 0.1) is 5.92 Å². The lowest BCUT2D eigenvalue weighted by molar-refractivity contribution is -0.114. The predicted octanol–water partition coefficient (Wildman–Crippen LogP) is 4.21. The molecule has 3 aliphatic rings. The number of amides is 1. The third kappa shape index (κ3) is 7.97. The van der Waals surface area contributed by atoms with E-state index in [1.807, 2.05) is 31.3 Å². The van der Waals surface area contributed by atoms with Crippen molar-refractivity contribution in [2.24, 2.45) is 11.7 Å². The molecular formula is C30H40N6O. The van der Waals surface area contributed by atoms with Gasteiger partial charge in [0.1, 0.15) is 6.17 Å². The van der Waals surface area contributed by atoms with Crippen LogP contribution in [0.1, 0.15) is 37.7 Å². The quantitative estimate of drug-likeness (QED) is 0.325. The van der Waals surface area contributed by atoms with E-state index in [-0.39, 0.29) is 6.17 Å². The average molecular weight is 501 g/mol. The second-order valence-corrected chi connectivity index (χ2v) is 9.73. The van der Waals surface area contributed by atoms with Gasteiger partial charge in [-0.05, 0) is 94.2 Å². The van der Waals surface area contributed by atoms with Crippen molar-refractivity contribution in [3.8, 4) is 0 Å². The van der Waals surface area contributed by atoms with Gasteiger partial charge in [-0.15, -0.1) is 0 Å². The highest BCUT2D eigenvalue weighted by Gasteiger charge is 2.24. The van der Waals surface area contributed by atoms with E-state index in [0.29, 0.717) is 11.5 Å². The van der Waals surface area contributed by atoms with E-state index >= 15 is 0 Å². The van der Waals surface area contributed by atoms with Gasteiger partial charge in [0.15, 0.2) is 0 Å². The molecule has 1 unspecified atom stereocenters. The number of nitrogens with one attached hydrogen (secondary N) is 5. The molecule has 7 heteroatoms. The van der Waals surface area contributed by atoms with Crippen molar-refractivity contribution in [1.82, 2.24) is 16.0 Å². The molecule has 37 heavy (non-hydrogen) atoms. The molecule has 7 N–H and O–H groups in total. The topological polar surface area (TPSA) is 103 Å². The third-order valence-electron chi connectivity index (χ3n) is 6.97. The first kappa shape index (κ1) is 26.5. The van der Waals surface area contributed by atoms with Crippen molar-refractivity contribution in [3.63, 3.8) is 0 Å². The standard InChI is InChI=1S/C22H29N5O.C8H11N/c23-22(28)17-4-9-20(25-14-17)26-18-5-7-19(8-6-18)27-21(15-2-1-3-15)16-10-12-24-13-11-16;1-9-7-8-5-3-2-4-6-8/h4-9,14,16,20,24-27H,1-3,10-13H2,(H2,23,28);2-6,9H,7H2,1H3. The highest BCUT2D eigenvalue weighted by molar-refractivity contribution is 5.94. The number of piperidine rings is 1. The van der Waals surface area contributed by atoms with Crippen molar-refractivity contribution in [2.45, 2.75) is 44.8 Å². The highest BCUT2D eigenvalue weighted by Crippen LogP contribution is 2.35. The molecule has 0 spiro atoms. The number of dihydropyridines is 1. The van der Waals surface area contributed by atoms with Crippen LogP contribution in [0.15, 0.2) is 89.8 Å². The maximum atomic E-state index is 11.2. The van der Waals surface area contributed by atoms with Crippen LogP contribution in [0.4, 0.5) is 11.4 Å². The summed E-state index contributed by atoms with van der Waals surface area (Å²) in [6.45, 7) is 3.18. The molecule has 7 nitrogen and oxygen atoms in total. The SMILES string of the molecule is CNCc1ccccc1.NC(=O)C1=CNC(Nc2ccc(NC(=C3CCC3)C3CCNCC3)cc2)C=C1. The van der Waals surface area contributed by atoms with Gasteiger partial charge < -0.3 is 32.3 Å². The Balaban J connectivity index is 0.000000301. The highest BCUT2D eigenvalue weighted by atomic mass is 16.1. The van der Waals surface area contributed by atoms with Crippen LogP contribution in [0.2, 0.25) is 0 Å². The molecule has 1 aliphatic carbocycles. The molecule has 1 saturated heterocycles. The summed E-state index contributed by atoms with van der Waals surface area (Å²) < 4.78 is 0. The Bertz CT molecular complexity index is 1090. The molecule has 1 atom stereocenters. The fourth-order valence-electron chi connectivity index (χ4n) is 4.72. The predicted molar refractivity (Wildman–Crippen MR) is 153 cm³/mol. The van der Waals surface area contributed by atoms with Crippen molar-refractivity contribution >= 4 is 17.3 Å². The minimum atomic E-state index is -0.428. The summed E-state index contributed by atoms with van der Waals surface area (Å²) >= 11 is 0. The molecule has 2 heterocycles. The number of hydrogen-bond donors (Lipinski definition) is 6. The minimum absolute atomic E-state index is 0.0655. The number of anilines is 2. The molecular weight excluding hydrogens is 460 g/mol. The van der Waals surface area contributed by atoms with E-state index < -0.39 is 5.91 Å². The van der Waals surface area contributed by atoms with E-state index in [0.717, 1.165) is 31.0 Å². The van der Waals surface area contributed by atoms with Gasteiger partial charge in [-0.1, -0.05) is 35.9 Å². The first-order valence-corrected chi connectivity index (χ1v) is 13.3. The molecule has 196 valence electrons. The van der Waals surface area contributed by atoms with Crippen molar-refractivity contribution in [2.75, 3.05) is 30.8 Å². The van der Waals surface area contributed by atoms with Gasteiger partial charge in [0.2, 0.25) is 5.91 Å². The van der Waals surface area contributed by atoms with E-state index in [1.54, 1.807) is 17.8 Å². The third-order valence-corrected chi connectivity index (χ3v) is 6.97. The average Bonchev–Trinajstić information content (AvgIpc) is 2.90. The Morgan fingerprint density at radius 1 is 1.00 bits per heavy atom. The monoisotopic (exact) mass is 500 g/mol. The lowest BCUT2D eigenvalue weighted by Crippen LogP contribution is -2.34. The Labute approximate surface area is 220 Å². The van der Waals surface area contributed by atoms with Gasteiger partial charge in [0.25, 0.3) is 0 Å². The molecule has 0 bridgehead atoms. The van der Waals surface area contributed by atoms with E-state index in [1.165, 1.54) is 43.4 Å². The number of carbonyl (C=O) groups is 1. The number of rotatable bonds is 8. The van der Waals surface area contributed by atoms with Crippen LogP contribution in [-0.2, 0) is 11.3 Å². The van der Waals surface area contributed by atoms with Gasteiger partial charge in [0, 0.05) is 35.7 Å². The molecule has 2 aromatic carbocycles. The van der Waals surface area contributed by atoms with Crippen molar-refractivity contribution in [3.05, 3.63) is 95.4 Å². The van der Waals surface area contributed by atoms with E-state index in [2.05, 4.69) is 63.0 Å². The minimum Gasteiger partial charge on any atom is -0.367 e. The van der Waals surface area contributed by atoms with Crippen LogP contribution in [0.3, 0.4) is 0 Å². The maximum Gasteiger partial charge on any atom is 0.250 e. The number of primary amides is 1. The van der Waals surface area contributed by atoms with Crippen LogP contribution in [0.5, 0.6) is 0 Å². The second kappa shape index (κ2) is 13.7. The number of carbonyl (C=O) groups excluding carboxylic acids is 1. The smallest absolute Gasteiger partial charge is 0.250 e. The number of allylic oxidation sites excluding steroid dienone is 2. The number of benzene rings is 2. The first-order valence-electron chi connectivity index (χ1n) is 13.3. The van der Waals surface area contributed by atoms with Crippen LogP contribution in [-0.4, -0.2) is 32.2 Å². The molecule has 0 radical (unpaired) electrons. The molecule has 2 aromatic rings. The zero-order valence-electron chi connectivity index (χ0n) is 21.7. The van der Waals surface area contributed by atoms with Crippen molar-refractivity contribution in [1.29, 1.82) is 0 Å². The van der Waals surface area contributed by atoms with Crippen LogP contribution in [0.25, 0.3) is 0 Å². The van der Waals surface area contributed by atoms with Gasteiger partial charge in [0.05, 0.1) is 5.57 Å². The Morgan fingerprint density at radius 3 is 2.27 bits per heavy atom. The largest absolute Gasteiger partial charge is 0.367 e. The van der Waals surface area contributed by atoms with E-state index in [9.17, 15) is 4.79 Å². The zero-order chi connectivity index (χ0) is 25.9. The fraction of sp³-hybridized carbons (Fsp3) is 0.367. The Morgan fingerprint density at radius 2 is 1.70 bits per heavy atom. The summed E-state index contributed by atoms with van der Waals surface area (Å²) in [4.78, 5) is 11.2. The second-order valence-electron chi connectivity index (χ2n) is 9.73. The van der Waals surface area contributed by atoms with Crippen LogP contribution < -0.4 is 32.3 Å². The summed E-state index contributed by atoms with van der Waals surface area (Å²) in [5.74, 6) is 0.222. The van der Waals surface area contributed by atoms with Gasteiger partial charge >= 0.3 is 0 Å². The first-order chi connectivity index (χ1) is 18.1. The summed E-state index contributed by atoms with van der Waals surface area (Å²) in [6.07, 6.45) is 11.4.